The number of unbranched alkanes of at least 4 members (excludes halogenated alkanes) is 1. The van der Waals surface area contributed by atoms with Crippen LogP contribution in [0.1, 0.15) is 42.5 Å². The van der Waals surface area contributed by atoms with Crippen LogP contribution in [0.25, 0.3) is 0 Å². The van der Waals surface area contributed by atoms with E-state index in [0.717, 1.165) is 66.8 Å². The van der Waals surface area contributed by atoms with Crippen molar-refractivity contribution in [1.82, 2.24) is 15.2 Å². The number of nitrogens with zero attached hydrogens (tertiary/aromatic N) is 3. The lowest BCUT2D eigenvalue weighted by Crippen LogP contribution is -2.53. The fourth-order valence-electron chi connectivity index (χ4n) is 4.42. The van der Waals surface area contributed by atoms with Crippen LogP contribution in [0.15, 0.2) is 59.6 Å². The van der Waals surface area contributed by atoms with E-state index in [9.17, 15) is 0 Å². The van der Waals surface area contributed by atoms with Gasteiger partial charge >= 0.3 is 0 Å². The van der Waals surface area contributed by atoms with E-state index in [0.29, 0.717) is 6.04 Å². The van der Waals surface area contributed by atoms with E-state index >= 15 is 0 Å². The summed E-state index contributed by atoms with van der Waals surface area (Å²) in [6.45, 7) is 5.10. The van der Waals surface area contributed by atoms with Crippen LogP contribution in [0.2, 0.25) is 0 Å². The van der Waals surface area contributed by atoms with Crippen LogP contribution in [0.4, 0.5) is 16.4 Å². The summed E-state index contributed by atoms with van der Waals surface area (Å²) in [4.78, 5) is 12.7. The average molecular weight is 446 g/mol. The lowest BCUT2D eigenvalue weighted by Gasteiger charge is -2.35. The summed E-state index contributed by atoms with van der Waals surface area (Å²) in [6.07, 6.45) is 5.60. The molecule has 2 aliphatic heterocycles. The van der Waals surface area contributed by atoms with Gasteiger partial charge in [0.15, 0.2) is 5.84 Å². The topological polar surface area (TPSA) is 52.6 Å². The lowest BCUT2D eigenvalue weighted by molar-refractivity contribution is 0.282. The molecule has 3 heterocycles. The number of aryl methyl sites for hydroxylation is 2. The third-order valence-electron chi connectivity index (χ3n) is 6.19. The van der Waals surface area contributed by atoms with Gasteiger partial charge in [-0.05, 0) is 43.4 Å². The number of amidine groups is 1. The molecule has 6 heteroatoms. The number of hydrogen-bond donors (Lipinski definition) is 2. The van der Waals surface area contributed by atoms with Gasteiger partial charge in [0.25, 0.3) is 0 Å². The molecule has 2 aromatic carbocycles. The molecule has 0 aliphatic carbocycles. The molecule has 0 amide bonds. The third-order valence-corrected chi connectivity index (χ3v) is 7.22. The fraction of sp³-hybridized carbons (Fsp3) is 0.385. The minimum Gasteiger partial charge on any atom is -0.352 e. The summed E-state index contributed by atoms with van der Waals surface area (Å²) in [6, 6.07) is 19.5. The normalized spacial score (nSPS) is 17.7. The van der Waals surface area contributed by atoms with E-state index < -0.39 is 0 Å². The number of hydrogen-bond acceptors (Lipinski definition) is 6. The van der Waals surface area contributed by atoms with E-state index in [4.69, 9.17) is 9.98 Å². The SMILES string of the molecule is CCCCc1nc2c(s1)Nc1ccccc1N=C2N1CCN[C@@H](CCc2ccccc2)C1. The highest BCUT2D eigenvalue weighted by atomic mass is 32.1. The Kier molecular flexibility index (Phi) is 6.51. The Morgan fingerprint density at radius 1 is 1.06 bits per heavy atom. The van der Waals surface area contributed by atoms with Crippen molar-refractivity contribution >= 4 is 33.5 Å². The standard InChI is InChI=1S/C26H31N5S/c1-2-3-13-23-30-24-25(28-21-11-7-8-12-22(21)29-26(24)32-23)31-17-16-27-20(18-31)15-14-19-9-5-4-6-10-19/h4-12,20,27,29H,2-3,13-18H2,1H3/t20-/m0/s1. The predicted molar refractivity (Wildman–Crippen MR) is 135 cm³/mol. The Balaban J connectivity index is 1.40. The molecule has 0 bridgehead atoms. The Bertz CT molecular complexity index is 1070. The fourth-order valence-corrected chi connectivity index (χ4v) is 5.43. The third kappa shape index (κ3) is 4.71. The van der Waals surface area contributed by atoms with Gasteiger partial charge in [-0.1, -0.05) is 55.8 Å². The number of thiazole rings is 1. The predicted octanol–water partition coefficient (Wildman–Crippen LogP) is 5.53. The van der Waals surface area contributed by atoms with Crippen LogP contribution >= 0.6 is 11.3 Å². The summed E-state index contributed by atoms with van der Waals surface area (Å²) in [5, 5.41) is 9.67. The average Bonchev–Trinajstić information content (AvgIpc) is 3.16. The molecule has 5 rings (SSSR count). The van der Waals surface area contributed by atoms with Crippen molar-refractivity contribution in [2.24, 2.45) is 4.99 Å². The van der Waals surface area contributed by atoms with Crippen LogP contribution in [0.5, 0.6) is 0 Å². The molecule has 2 N–H and O–H groups in total. The summed E-state index contributed by atoms with van der Waals surface area (Å²) < 4.78 is 0. The van der Waals surface area contributed by atoms with Gasteiger partial charge in [0, 0.05) is 25.7 Å². The molecular weight excluding hydrogens is 414 g/mol. The van der Waals surface area contributed by atoms with E-state index in [1.165, 1.54) is 23.4 Å². The zero-order valence-corrected chi connectivity index (χ0v) is 19.5. The molecule has 166 valence electrons. The van der Waals surface area contributed by atoms with Crippen LogP contribution in [-0.4, -0.2) is 41.4 Å². The molecule has 2 aliphatic rings. The highest BCUT2D eigenvalue weighted by Gasteiger charge is 2.28. The maximum atomic E-state index is 5.15. The molecule has 0 saturated carbocycles. The van der Waals surface area contributed by atoms with Gasteiger partial charge in [0.2, 0.25) is 0 Å². The van der Waals surface area contributed by atoms with Crippen LogP contribution in [-0.2, 0) is 12.8 Å². The number of nitrogens with one attached hydrogen (secondary N) is 2. The first-order valence-corrected chi connectivity index (χ1v) is 12.6. The smallest absolute Gasteiger partial charge is 0.158 e. The Morgan fingerprint density at radius 2 is 1.91 bits per heavy atom. The molecule has 1 aromatic heterocycles. The second kappa shape index (κ2) is 9.84. The number of para-hydroxylation sites is 2. The highest BCUT2D eigenvalue weighted by Crippen LogP contribution is 2.38. The molecule has 0 spiro atoms. The summed E-state index contributed by atoms with van der Waals surface area (Å²) in [7, 11) is 0. The zero-order chi connectivity index (χ0) is 21.8. The van der Waals surface area contributed by atoms with Gasteiger partial charge in [-0.15, -0.1) is 11.3 Å². The molecule has 3 aromatic rings. The monoisotopic (exact) mass is 445 g/mol. The Labute approximate surface area is 194 Å². The van der Waals surface area contributed by atoms with Gasteiger partial charge in [-0.2, -0.15) is 0 Å². The van der Waals surface area contributed by atoms with E-state index in [1.54, 1.807) is 11.3 Å². The first kappa shape index (κ1) is 21.2. The maximum Gasteiger partial charge on any atom is 0.158 e. The number of benzene rings is 2. The zero-order valence-electron chi connectivity index (χ0n) is 18.7. The quantitative estimate of drug-likeness (QED) is 0.524. The summed E-state index contributed by atoms with van der Waals surface area (Å²) in [5.74, 6) is 1.02. The van der Waals surface area contributed by atoms with Crippen LogP contribution in [0, 0.1) is 0 Å². The number of aromatic nitrogens is 1. The first-order chi connectivity index (χ1) is 15.8. The Morgan fingerprint density at radius 3 is 2.78 bits per heavy atom. The second-order valence-corrected chi connectivity index (χ2v) is 9.67. The molecule has 0 radical (unpaired) electrons. The number of piperazine rings is 1. The molecular formula is C26H31N5S. The van der Waals surface area contributed by atoms with Crippen molar-refractivity contribution in [3.05, 3.63) is 70.9 Å². The van der Waals surface area contributed by atoms with Gasteiger partial charge in [0.1, 0.15) is 10.7 Å². The molecule has 5 nitrogen and oxygen atoms in total. The lowest BCUT2D eigenvalue weighted by atomic mass is 10.0. The molecule has 1 atom stereocenters. The molecule has 1 fully saturated rings. The van der Waals surface area contributed by atoms with Crippen LogP contribution in [0.3, 0.4) is 0 Å². The van der Waals surface area contributed by atoms with Crippen molar-refractivity contribution in [2.75, 3.05) is 25.0 Å². The van der Waals surface area contributed by atoms with E-state index in [1.807, 2.05) is 0 Å². The molecule has 32 heavy (non-hydrogen) atoms. The number of fused-ring (bicyclic) bond motifs is 2. The van der Waals surface area contributed by atoms with Gasteiger partial charge in [0.05, 0.1) is 16.4 Å². The number of rotatable bonds is 6. The summed E-state index contributed by atoms with van der Waals surface area (Å²) >= 11 is 1.78. The first-order valence-electron chi connectivity index (χ1n) is 11.8. The highest BCUT2D eigenvalue weighted by molar-refractivity contribution is 7.16. The van der Waals surface area contributed by atoms with Gasteiger partial charge in [-0.25, -0.2) is 9.98 Å². The largest absolute Gasteiger partial charge is 0.352 e. The Hall–Kier alpha value is -2.70. The minimum atomic E-state index is 0.444. The summed E-state index contributed by atoms with van der Waals surface area (Å²) in [5.41, 5.74) is 4.46. The maximum absolute atomic E-state index is 5.15. The molecule has 1 saturated heterocycles. The van der Waals surface area contributed by atoms with E-state index in [2.05, 4.69) is 77.1 Å². The van der Waals surface area contributed by atoms with Crippen molar-refractivity contribution in [3.8, 4) is 0 Å². The van der Waals surface area contributed by atoms with Crippen LogP contribution < -0.4 is 10.6 Å². The van der Waals surface area contributed by atoms with Gasteiger partial charge in [-0.3, -0.25) is 0 Å². The van der Waals surface area contributed by atoms with Crippen molar-refractivity contribution in [1.29, 1.82) is 0 Å². The molecule has 0 unspecified atom stereocenters. The van der Waals surface area contributed by atoms with E-state index in [-0.39, 0.29) is 0 Å². The number of aliphatic imine (C=N–C) groups is 1. The van der Waals surface area contributed by atoms with Crippen molar-refractivity contribution in [3.63, 3.8) is 0 Å². The van der Waals surface area contributed by atoms with Crippen molar-refractivity contribution in [2.45, 2.75) is 45.1 Å². The second-order valence-electron chi connectivity index (χ2n) is 8.59. The number of anilines is 2. The minimum absolute atomic E-state index is 0.444. The van der Waals surface area contributed by atoms with Crippen molar-refractivity contribution < 1.29 is 0 Å². The van der Waals surface area contributed by atoms with Gasteiger partial charge < -0.3 is 15.5 Å².